The maximum absolute atomic E-state index is 15.7. The van der Waals surface area contributed by atoms with Gasteiger partial charge >= 0.3 is 0 Å². The Labute approximate surface area is 306 Å². The molecule has 5 heterocycles. The van der Waals surface area contributed by atoms with Crippen molar-refractivity contribution in [2.45, 2.75) is 108 Å². The van der Waals surface area contributed by atoms with Crippen LogP contribution < -0.4 is 15.5 Å². The van der Waals surface area contributed by atoms with Crippen LogP contribution in [0.15, 0.2) is 36.8 Å². The van der Waals surface area contributed by atoms with Crippen molar-refractivity contribution in [3.8, 4) is 11.3 Å². The van der Waals surface area contributed by atoms with Crippen molar-refractivity contribution in [1.82, 2.24) is 29.7 Å². The van der Waals surface area contributed by atoms with Crippen molar-refractivity contribution in [1.29, 1.82) is 0 Å². The molecule has 2 saturated carbocycles. The number of rotatable bonds is 10. The van der Waals surface area contributed by atoms with E-state index in [1.54, 1.807) is 19.4 Å². The van der Waals surface area contributed by atoms with Crippen molar-refractivity contribution >= 4 is 34.1 Å². The number of morpholine rings is 1. The highest BCUT2D eigenvalue weighted by Gasteiger charge is 2.55. The molecule has 282 valence electrons. The summed E-state index contributed by atoms with van der Waals surface area (Å²) in [6.45, 7) is 14.9. The lowest BCUT2D eigenvalue weighted by atomic mass is 9.71. The molecule has 4 aromatic rings. The molecule has 4 aliphatic rings. The fourth-order valence-corrected chi connectivity index (χ4v) is 8.44. The topological polar surface area (TPSA) is 121 Å². The molecular formula is C39H47F3N8O3. The number of fused-ring (bicyclic) bond motifs is 2. The monoisotopic (exact) mass is 732 g/mol. The van der Waals surface area contributed by atoms with Gasteiger partial charge in [0.25, 0.3) is 6.43 Å². The van der Waals surface area contributed by atoms with Crippen LogP contribution in [0.2, 0.25) is 0 Å². The quantitative estimate of drug-likeness (QED) is 0.157. The van der Waals surface area contributed by atoms with E-state index in [1.807, 2.05) is 49.3 Å². The van der Waals surface area contributed by atoms with Crippen molar-refractivity contribution in [3.63, 3.8) is 0 Å². The second kappa shape index (κ2) is 12.7. The zero-order chi connectivity index (χ0) is 37.6. The van der Waals surface area contributed by atoms with E-state index in [0.717, 1.165) is 37.3 Å². The van der Waals surface area contributed by atoms with E-state index in [2.05, 4.69) is 27.4 Å². The van der Waals surface area contributed by atoms with Gasteiger partial charge in [-0.15, -0.1) is 0 Å². The highest BCUT2D eigenvalue weighted by molar-refractivity contribution is 6.08. The maximum Gasteiger partial charge on any atom is 0.256 e. The summed E-state index contributed by atoms with van der Waals surface area (Å²) in [6, 6.07) is 6.56. The van der Waals surface area contributed by atoms with Crippen molar-refractivity contribution in [2.24, 2.45) is 0 Å². The predicted octanol–water partition coefficient (Wildman–Crippen LogP) is 6.52. The number of aliphatic hydroxyl groups is 1. The number of anilines is 3. The predicted molar refractivity (Wildman–Crippen MR) is 196 cm³/mol. The van der Waals surface area contributed by atoms with Gasteiger partial charge in [0.05, 0.1) is 58.8 Å². The first-order chi connectivity index (χ1) is 25.1. The number of carbonyl (C=O) groups excluding carboxylic acids is 1. The number of amides is 1. The zero-order valence-electron chi connectivity index (χ0n) is 31.0. The smallest absolute Gasteiger partial charge is 0.256 e. The summed E-state index contributed by atoms with van der Waals surface area (Å²) in [5.41, 5.74) is 2.41. The Balaban J connectivity index is 1.15. The highest BCUT2D eigenvalue weighted by atomic mass is 19.3. The van der Waals surface area contributed by atoms with Crippen molar-refractivity contribution in [3.05, 3.63) is 59.4 Å². The SMILES string of the molecule is Cc1cc(F)c(Nc2nc(-c3cnc4c(c3)N(C3CC(C)(N5CCOCC5)C3)C(=O)C4(C)C)cc3ncn(C(C)C)c23)cc1C(O)NC1(C(F)F)CC1. The number of carbonyl (C=O) groups is 1. The number of ether oxygens (including phenoxy) is 1. The Hall–Kier alpha value is -4.11. The third-order valence-electron chi connectivity index (χ3n) is 11.9. The Morgan fingerprint density at radius 1 is 1.04 bits per heavy atom. The molecule has 1 unspecified atom stereocenters. The van der Waals surface area contributed by atoms with Crippen LogP contribution in [0.4, 0.5) is 30.4 Å². The van der Waals surface area contributed by atoms with Crippen LogP contribution in [-0.4, -0.2) is 85.3 Å². The molecule has 1 atom stereocenters. The average molecular weight is 733 g/mol. The minimum Gasteiger partial charge on any atom is -0.379 e. The van der Waals surface area contributed by atoms with Crippen LogP contribution in [0.25, 0.3) is 22.3 Å². The number of nitrogens with zero attached hydrogens (tertiary/aromatic N) is 6. The number of pyridine rings is 2. The van der Waals surface area contributed by atoms with E-state index in [1.165, 1.54) is 12.1 Å². The third-order valence-corrected chi connectivity index (χ3v) is 11.9. The number of aryl methyl sites for hydroxylation is 1. The molecular weight excluding hydrogens is 685 g/mol. The van der Waals surface area contributed by atoms with E-state index in [-0.39, 0.29) is 47.6 Å². The Kier molecular flexibility index (Phi) is 8.63. The molecule has 14 heteroatoms. The van der Waals surface area contributed by atoms with Crippen LogP contribution in [-0.2, 0) is 14.9 Å². The zero-order valence-corrected chi connectivity index (χ0v) is 31.0. The number of benzene rings is 1. The first-order valence-corrected chi connectivity index (χ1v) is 18.5. The van der Waals surface area contributed by atoms with E-state index >= 15 is 4.39 Å². The van der Waals surface area contributed by atoms with Gasteiger partial charge in [-0.2, -0.15) is 0 Å². The number of hydrogen-bond donors (Lipinski definition) is 3. The summed E-state index contributed by atoms with van der Waals surface area (Å²) in [5, 5.41) is 16.8. The number of halogens is 3. The molecule has 8 rings (SSSR count). The number of alkyl halides is 2. The summed E-state index contributed by atoms with van der Waals surface area (Å²) in [4.78, 5) is 33.0. The van der Waals surface area contributed by atoms with Gasteiger partial charge in [-0.05, 0) is 97.1 Å². The molecule has 3 fully saturated rings. The van der Waals surface area contributed by atoms with Gasteiger partial charge in [0.15, 0.2) is 5.82 Å². The molecule has 2 aliphatic carbocycles. The van der Waals surface area contributed by atoms with E-state index in [4.69, 9.17) is 14.7 Å². The average Bonchev–Trinajstić information content (AvgIpc) is 3.71. The fourth-order valence-electron chi connectivity index (χ4n) is 8.44. The molecule has 3 N–H and O–H groups in total. The highest BCUT2D eigenvalue weighted by Crippen LogP contribution is 2.50. The van der Waals surface area contributed by atoms with Gasteiger partial charge in [-0.25, -0.2) is 23.1 Å². The molecule has 1 aromatic carbocycles. The lowest BCUT2D eigenvalue weighted by Gasteiger charge is -2.55. The lowest BCUT2D eigenvalue weighted by Crippen LogP contribution is -2.65. The summed E-state index contributed by atoms with van der Waals surface area (Å²) >= 11 is 0. The largest absolute Gasteiger partial charge is 0.379 e. The minimum atomic E-state index is -2.64. The van der Waals surface area contributed by atoms with Gasteiger partial charge in [0.1, 0.15) is 17.6 Å². The van der Waals surface area contributed by atoms with Crippen molar-refractivity contribution < 1.29 is 27.8 Å². The number of hydrogen-bond acceptors (Lipinski definition) is 9. The minimum absolute atomic E-state index is 0.00388. The molecule has 1 amide bonds. The normalized spacial score (nSPS) is 24.2. The Morgan fingerprint density at radius 2 is 1.75 bits per heavy atom. The fraction of sp³-hybridized carbons (Fsp3) is 0.538. The molecule has 0 bridgehead atoms. The summed E-state index contributed by atoms with van der Waals surface area (Å²) in [6.07, 6.45) is 1.55. The van der Waals surface area contributed by atoms with Crippen LogP contribution in [0.1, 0.15) is 89.4 Å². The van der Waals surface area contributed by atoms with Crippen molar-refractivity contribution in [2.75, 3.05) is 36.5 Å². The molecule has 53 heavy (non-hydrogen) atoms. The van der Waals surface area contributed by atoms with Gasteiger partial charge in [-0.1, -0.05) is 0 Å². The standard InChI is InChI=1S/C39H47F3N8O3/c1-21(2)49-20-44-29-16-27(45-33(31(29)49)46-28-15-25(22(3)13-26(28)40)34(51)47-39(7-8-39)35(41)42)23-14-30-32(43-19-23)37(4,5)36(52)50(30)24-17-38(6,18-24)48-9-11-53-12-10-48/h13-16,19-21,24,34-35,47,51H,7-12,17-18H2,1-6H3,(H,45,46). The van der Waals surface area contributed by atoms with E-state index < -0.39 is 29.4 Å². The van der Waals surface area contributed by atoms with Crippen LogP contribution in [0.3, 0.4) is 0 Å². The van der Waals surface area contributed by atoms with Crippen LogP contribution >= 0.6 is 0 Å². The molecule has 1 saturated heterocycles. The maximum atomic E-state index is 15.7. The molecule has 3 aromatic heterocycles. The molecule has 0 spiro atoms. The second-order valence-corrected chi connectivity index (χ2v) is 16.3. The first kappa shape index (κ1) is 35.9. The molecule has 11 nitrogen and oxygen atoms in total. The number of aliphatic hydroxyl groups excluding tert-OH is 1. The van der Waals surface area contributed by atoms with Gasteiger partial charge in [-0.3, -0.25) is 20.0 Å². The lowest BCUT2D eigenvalue weighted by molar-refractivity contribution is -0.124. The van der Waals surface area contributed by atoms with Gasteiger partial charge < -0.3 is 24.6 Å². The third kappa shape index (κ3) is 5.98. The molecule has 2 aliphatic heterocycles. The summed E-state index contributed by atoms with van der Waals surface area (Å²) in [5.74, 6) is -0.249. The first-order valence-electron chi connectivity index (χ1n) is 18.5. The van der Waals surface area contributed by atoms with Crippen LogP contribution in [0.5, 0.6) is 0 Å². The van der Waals surface area contributed by atoms with Gasteiger partial charge in [0.2, 0.25) is 5.91 Å². The Morgan fingerprint density at radius 3 is 2.42 bits per heavy atom. The summed E-state index contributed by atoms with van der Waals surface area (Å²) in [7, 11) is 0. The number of imidazole rings is 1. The van der Waals surface area contributed by atoms with Gasteiger partial charge in [0, 0.05) is 48.0 Å². The summed E-state index contributed by atoms with van der Waals surface area (Å²) < 4.78 is 50.6. The molecule has 0 radical (unpaired) electrons. The van der Waals surface area contributed by atoms with E-state index in [9.17, 15) is 18.7 Å². The second-order valence-electron chi connectivity index (χ2n) is 16.3. The number of aromatic nitrogens is 4. The Bertz CT molecular complexity index is 2090. The van der Waals surface area contributed by atoms with Crippen LogP contribution in [0, 0.1) is 12.7 Å². The van der Waals surface area contributed by atoms with E-state index in [0.29, 0.717) is 46.9 Å². The number of nitrogens with one attached hydrogen (secondary N) is 2.